The first-order valence-electron chi connectivity index (χ1n) is 5.29. The number of para-hydroxylation sites is 1. The van der Waals surface area contributed by atoms with Gasteiger partial charge < -0.3 is 5.32 Å². The molecule has 1 N–H and O–H groups in total. The summed E-state index contributed by atoms with van der Waals surface area (Å²) in [7, 11) is 0. The SMILES string of the molecule is N#CC(Nc1ccccc1F)C1CCSC1. The molecule has 0 aromatic heterocycles. The van der Waals surface area contributed by atoms with E-state index < -0.39 is 0 Å². The fraction of sp³-hybridized carbons (Fsp3) is 0.417. The summed E-state index contributed by atoms with van der Waals surface area (Å²) < 4.78 is 13.4. The molecule has 0 amide bonds. The molecule has 0 aliphatic carbocycles. The van der Waals surface area contributed by atoms with Gasteiger partial charge in [-0.25, -0.2) is 4.39 Å². The van der Waals surface area contributed by atoms with Gasteiger partial charge in [-0.3, -0.25) is 0 Å². The minimum atomic E-state index is -0.298. The van der Waals surface area contributed by atoms with E-state index in [4.69, 9.17) is 5.26 Å². The van der Waals surface area contributed by atoms with Crippen LogP contribution in [0.25, 0.3) is 0 Å². The highest BCUT2D eigenvalue weighted by atomic mass is 32.2. The largest absolute Gasteiger partial charge is 0.367 e. The van der Waals surface area contributed by atoms with Gasteiger partial charge in [0.2, 0.25) is 0 Å². The van der Waals surface area contributed by atoms with Gasteiger partial charge in [-0.2, -0.15) is 17.0 Å². The molecule has 2 atom stereocenters. The number of anilines is 1. The average molecular weight is 236 g/mol. The van der Waals surface area contributed by atoms with E-state index in [9.17, 15) is 4.39 Å². The van der Waals surface area contributed by atoms with Crippen LogP contribution in [-0.2, 0) is 0 Å². The Morgan fingerprint density at radius 3 is 2.94 bits per heavy atom. The van der Waals surface area contributed by atoms with E-state index in [1.165, 1.54) is 6.07 Å². The van der Waals surface area contributed by atoms with Crippen molar-refractivity contribution in [3.8, 4) is 6.07 Å². The standard InChI is InChI=1S/C12H13FN2S/c13-10-3-1-2-4-11(10)15-12(7-14)9-5-6-16-8-9/h1-4,9,12,15H,5-6,8H2. The Labute approximate surface area is 98.8 Å². The normalized spacial score (nSPS) is 21.4. The van der Waals surface area contributed by atoms with Crippen molar-refractivity contribution in [2.45, 2.75) is 12.5 Å². The highest BCUT2D eigenvalue weighted by molar-refractivity contribution is 7.99. The van der Waals surface area contributed by atoms with Crippen LogP contribution in [0.4, 0.5) is 10.1 Å². The van der Waals surface area contributed by atoms with Crippen molar-refractivity contribution in [3.63, 3.8) is 0 Å². The van der Waals surface area contributed by atoms with Crippen LogP contribution in [0.5, 0.6) is 0 Å². The van der Waals surface area contributed by atoms with Gasteiger partial charge in [-0.1, -0.05) is 12.1 Å². The smallest absolute Gasteiger partial charge is 0.146 e. The summed E-state index contributed by atoms with van der Waals surface area (Å²) in [6.45, 7) is 0. The van der Waals surface area contributed by atoms with Gasteiger partial charge in [0.1, 0.15) is 11.9 Å². The number of rotatable bonds is 3. The lowest BCUT2D eigenvalue weighted by Gasteiger charge is -2.18. The summed E-state index contributed by atoms with van der Waals surface area (Å²) in [4.78, 5) is 0. The quantitative estimate of drug-likeness (QED) is 0.876. The van der Waals surface area contributed by atoms with E-state index in [2.05, 4.69) is 11.4 Å². The van der Waals surface area contributed by atoms with Crippen LogP contribution >= 0.6 is 11.8 Å². The van der Waals surface area contributed by atoms with Gasteiger partial charge >= 0.3 is 0 Å². The minimum Gasteiger partial charge on any atom is -0.367 e. The Morgan fingerprint density at radius 1 is 1.50 bits per heavy atom. The Hall–Kier alpha value is -1.21. The number of nitriles is 1. The molecule has 2 unspecified atom stereocenters. The Morgan fingerprint density at radius 2 is 2.31 bits per heavy atom. The van der Waals surface area contributed by atoms with Crippen LogP contribution in [0.3, 0.4) is 0 Å². The maximum Gasteiger partial charge on any atom is 0.146 e. The molecule has 1 aliphatic heterocycles. The number of nitrogens with zero attached hydrogens (tertiary/aromatic N) is 1. The number of halogens is 1. The summed E-state index contributed by atoms with van der Waals surface area (Å²) in [6.07, 6.45) is 1.03. The van der Waals surface area contributed by atoms with E-state index >= 15 is 0 Å². The minimum absolute atomic E-state index is 0.285. The fourth-order valence-corrected chi connectivity index (χ4v) is 3.11. The number of hydrogen-bond donors (Lipinski definition) is 1. The van der Waals surface area contributed by atoms with E-state index in [1.54, 1.807) is 18.2 Å². The molecule has 1 aromatic carbocycles. The van der Waals surface area contributed by atoms with Crippen LogP contribution in [0, 0.1) is 23.1 Å². The Kier molecular flexibility index (Phi) is 3.68. The molecule has 0 saturated carbocycles. The van der Waals surface area contributed by atoms with E-state index in [0.717, 1.165) is 17.9 Å². The first-order valence-corrected chi connectivity index (χ1v) is 6.45. The number of nitrogens with one attached hydrogen (secondary N) is 1. The number of thioether (sulfide) groups is 1. The number of benzene rings is 1. The topological polar surface area (TPSA) is 35.8 Å². The maximum absolute atomic E-state index is 13.4. The Balaban J connectivity index is 2.07. The summed E-state index contributed by atoms with van der Waals surface area (Å²) in [5.74, 6) is 2.12. The van der Waals surface area contributed by atoms with Crippen molar-refractivity contribution >= 4 is 17.4 Å². The molecule has 1 aromatic rings. The molecule has 1 saturated heterocycles. The molecule has 2 rings (SSSR count). The van der Waals surface area contributed by atoms with Crippen molar-refractivity contribution in [2.24, 2.45) is 5.92 Å². The molecule has 4 heteroatoms. The van der Waals surface area contributed by atoms with E-state index in [-0.39, 0.29) is 11.9 Å². The molecule has 84 valence electrons. The molecule has 0 bridgehead atoms. The monoisotopic (exact) mass is 236 g/mol. The lowest BCUT2D eigenvalue weighted by Crippen LogP contribution is -2.27. The molecule has 16 heavy (non-hydrogen) atoms. The van der Waals surface area contributed by atoms with Gasteiger partial charge in [0.25, 0.3) is 0 Å². The molecule has 1 heterocycles. The molecule has 0 spiro atoms. The van der Waals surface area contributed by atoms with Crippen molar-refractivity contribution < 1.29 is 4.39 Å². The third kappa shape index (κ3) is 2.48. The number of hydrogen-bond acceptors (Lipinski definition) is 3. The second-order valence-electron chi connectivity index (χ2n) is 3.85. The molecule has 1 aliphatic rings. The maximum atomic E-state index is 13.4. The van der Waals surface area contributed by atoms with Crippen molar-refractivity contribution in [1.29, 1.82) is 5.26 Å². The van der Waals surface area contributed by atoms with Crippen LogP contribution in [-0.4, -0.2) is 17.5 Å². The Bertz CT molecular complexity index is 396. The van der Waals surface area contributed by atoms with Crippen LogP contribution in [0.2, 0.25) is 0 Å². The zero-order chi connectivity index (χ0) is 11.4. The van der Waals surface area contributed by atoms with Gasteiger partial charge in [-0.05, 0) is 30.1 Å². The van der Waals surface area contributed by atoms with Crippen LogP contribution in [0.15, 0.2) is 24.3 Å². The van der Waals surface area contributed by atoms with Crippen molar-refractivity contribution in [3.05, 3.63) is 30.1 Å². The van der Waals surface area contributed by atoms with Crippen LogP contribution in [0.1, 0.15) is 6.42 Å². The molecule has 1 fully saturated rings. The lowest BCUT2D eigenvalue weighted by atomic mass is 10.00. The van der Waals surface area contributed by atoms with Crippen molar-refractivity contribution in [1.82, 2.24) is 0 Å². The predicted octanol–water partition coefficient (Wildman–Crippen LogP) is 2.88. The molecular formula is C12H13FN2S. The highest BCUT2D eigenvalue weighted by Gasteiger charge is 2.25. The third-order valence-electron chi connectivity index (χ3n) is 2.76. The molecular weight excluding hydrogens is 223 g/mol. The second-order valence-corrected chi connectivity index (χ2v) is 5.00. The van der Waals surface area contributed by atoms with Gasteiger partial charge in [0, 0.05) is 5.92 Å². The lowest BCUT2D eigenvalue weighted by molar-refractivity contribution is 0.558. The summed E-state index contributed by atoms with van der Waals surface area (Å²) in [5, 5.41) is 12.1. The third-order valence-corrected chi connectivity index (χ3v) is 3.95. The molecule has 0 radical (unpaired) electrons. The summed E-state index contributed by atoms with van der Waals surface area (Å²) in [5.41, 5.74) is 0.422. The zero-order valence-corrected chi connectivity index (χ0v) is 9.64. The first-order chi connectivity index (χ1) is 7.81. The molecule has 2 nitrogen and oxygen atoms in total. The van der Waals surface area contributed by atoms with E-state index in [1.807, 2.05) is 11.8 Å². The summed E-state index contributed by atoms with van der Waals surface area (Å²) in [6, 6.07) is 8.43. The van der Waals surface area contributed by atoms with Gasteiger partial charge in [-0.15, -0.1) is 0 Å². The van der Waals surface area contributed by atoms with Gasteiger partial charge in [0.05, 0.1) is 11.8 Å². The predicted molar refractivity (Wildman–Crippen MR) is 64.9 cm³/mol. The fourth-order valence-electron chi connectivity index (χ4n) is 1.82. The summed E-state index contributed by atoms with van der Waals surface area (Å²) >= 11 is 1.86. The average Bonchev–Trinajstić information content (AvgIpc) is 2.81. The highest BCUT2D eigenvalue weighted by Crippen LogP contribution is 2.28. The van der Waals surface area contributed by atoms with Crippen LogP contribution < -0.4 is 5.32 Å². The van der Waals surface area contributed by atoms with Gasteiger partial charge in [0.15, 0.2) is 0 Å². The van der Waals surface area contributed by atoms with Crippen molar-refractivity contribution in [2.75, 3.05) is 16.8 Å². The zero-order valence-electron chi connectivity index (χ0n) is 8.82. The first kappa shape index (κ1) is 11.3. The second kappa shape index (κ2) is 5.22. The van der Waals surface area contributed by atoms with E-state index in [0.29, 0.717) is 11.6 Å².